The van der Waals surface area contributed by atoms with E-state index in [4.69, 9.17) is 10.8 Å². The van der Waals surface area contributed by atoms with Crippen LogP contribution in [0.25, 0.3) is 22.3 Å². The van der Waals surface area contributed by atoms with Crippen molar-refractivity contribution in [3.05, 3.63) is 78.1 Å². The molecule has 40 heavy (non-hydrogen) atoms. The van der Waals surface area contributed by atoms with Crippen molar-refractivity contribution in [2.75, 3.05) is 30.3 Å². The van der Waals surface area contributed by atoms with Gasteiger partial charge in [-0.3, -0.25) is 4.79 Å². The van der Waals surface area contributed by atoms with Gasteiger partial charge in [0, 0.05) is 37.4 Å². The van der Waals surface area contributed by atoms with Crippen LogP contribution >= 0.6 is 0 Å². The Bertz CT molecular complexity index is 1600. The summed E-state index contributed by atoms with van der Waals surface area (Å²) in [6.07, 6.45) is 0.752. The summed E-state index contributed by atoms with van der Waals surface area (Å²) in [6.45, 7) is 5.92. The fraction of sp³-hybridized carbons (Fsp3) is 0.310. The Labute approximate surface area is 228 Å². The van der Waals surface area contributed by atoms with Crippen LogP contribution < -0.4 is 10.6 Å². The molecule has 206 valence electrons. The van der Waals surface area contributed by atoms with Crippen LogP contribution in [0.15, 0.2) is 61.4 Å². The number of benzene rings is 2. The van der Waals surface area contributed by atoms with Gasteiger partial charge in [-0.05, 0) is 48.6 Å². The Kier molecular flexibility index (Phi) is 6.44. The van der Waals surface area contributed by atoms with Gasteiger partial charge in [0.05, 0.1) is 17.0 Å². The minimum Gasteiger partial charge on any atom is -0.383 e. The first-order valence-corrected chi connectivity index (χ1v) is 13.2. The second-order valence-corrected chi connectivity index (χ2v) is 10.2. The molecule has 2 aromatic heterocycles. The number of alkyl halides is 3. The molecule has 0 spiro atoms. The maximum atomic E-state index is 13.3. The number of nitrogens with zero attached hydrogens (tertiary/aromatic N) is 6. The third-order valence-corrected chi connectivity index (χ3v) is 7.75. The molecule has 0 radical (unpaired) electrons. The van der Waals surface area contributed by atoms with E-state index in [-0.39, 0.29) is 11.9 Å². The van der Waals surface area contributed by atoms with Gasteiger partial charge in [-0.1, -0.05) is 36.9 Å². The van der Waals surface area contributed by atoms with Gasteiger partial charge in [-0.2, -0.15) is 18.3 Å². The first-order chi connectivity index (χ1) is 19.2. The Morgan fingerprint density at radius 3 is 2.67 bits per heavy atom. The van der Waals surface area contributed by atoms with E-state index in [0.29, 0.717) is 60.8 Å². The van der Waals surface area contributed by atoms with Crippen LogP contribution in [-0.2, 0) is 23.9 Å². The molecule has 1 fully saturated rings. The molecule has 1 saturated heterocycles. The van der Waals surface area contributed by atoms with Crippen molar-refractivity contribution < 1.29 is 18.0 Å². The second kappa shape index (κ2) is 9.96. The van der Waals surface area contributed by atoms with Crippen LogP contribution in [0.2, 0.25) is 0 Å². The number of nitrogen functional groups attached to an aromatic ring is 1. The lowest BCUT2D eigenvalue weighted by atomic mass is 10.1. The number of aromatic nitrogens is 4. The van der Waals surface area contributed by atoms with E-state index in [1.54, 1.807) is 11.0 Å². The van der Waals surface area contributed by atoms with E-state index in [9.17, 15) is 18.0 Å². The number of carbonyl (C=O) groups is 1. The summed E-state index contributed by atoms with van der Waals surface area (Å²) >= 11 is 0. The Hall–Kier alpha value is -4.41. The van der Waals surface area contributed by atoms with E-state index in [0.717, 1.165) is 35.6 Å². The number of anilines is 2. The molecule has 1 amide bonds. The molecule has 2 aliphatic heterocycles. The fourth-order valence-corrected chi connectivity index (χ4v) is 5.71. The summed E-state index contributed by atoms with van der Waals surface area (Å²) in [5.41, 5.74) is 10.3. The zero-order valence-corrected chi connectivity index (χ0v) is 21.7. The highest BCUT2D eigenvalue weighted by Crippen LogP contribution is 2.37. The zero-order chi connectivity index (χ0) is 28.0. The molecule has 2 N–H and O–H groups in total. The Morgan fingerprint density at radius 2 is 1.93 bits per heavy atom. The molecule has 4 heterocycles. The van der Waals surface area contributed by atoms with Gasteiger partial charge >= 0.3 is 6.18 Å². The average molecular weight is 548 g/mol. The lowest BCUT2D eigenvalue weighted by Crippen LogP contribution is -2.40. The van der Waals surface area contributed by atoms with Crippen molar-refractivity contribution >= 4 is 28.4 Å². The van der Waals surface area contributed by atoms with Gasteiger partial charge in [0.1, 0.15) is 17.8 Å². The van der Waals surface area contributed by atoms with Crippen LogP contribution in [0.5, 0.6) is 0 Å². The first kappa shape index (κ1) is 25.8. The van der Waals surface area contributed by atoms with Crippen molar-refractivity contribution in [3.63, 3.8) is 0 Å². The monoisotopic (exact) mass is 547 g/mol. The SMILES string of the molecule is C=CC(=O)N1CCCC(n2nc(-c3ccc(CN4CCc5ccc(C(F)(F)F)cc54)cc3)c3c(N)ncnc32)C1. The highest BCUT2D eigenvalue weighted by atomic mass is 19.4. The maximum Gasteiger partial charge on any atom is 0.416 e. The molecule has 1 atom stereocenters. The number of hydrogen-bond acceptors (Lipinski definition) is 6. The van der Waals surface area contributed by atoms with Gasteiger partial charge in [-0.15, -0.1) is 0 Å². The van der Waals surface area contributed by atoms with E-state index in [1.807, 2.05) is 33.8 Å². The van der Waals surface area contributed by atoms with Gasteiger partial charge in [0.15, 0.2) is 5.65 Å². The fourth-order valence-electron chi connectivity index (χ4n) is 5.71. The summed E-state index contributed by atoms with van der Waals surface area (Å²) in [7, 11) is 0. The minimum absolute atomic E-state index is 0.0701. The molecule has 0 aliphatic carbocycles. The average Bonchev–Trinajstić information content (AvgIpc) is 3.55. The molecular formula is C29H28F3N7O. The topological polar surface area (TPSA) is 93.2 Å². The lowest BCUT2D eigenvalue weighted by Gasteiger charge is -2.32. The van der Waals surface area contributed by atoms with Crippen molar-refractivity contribution in [1.29, 1.82) is 0 Å². The maximum absolute atomic E-state index is 13.3. The van der Waals surface area contributed by atoms with E-state index in [2.05, 4.69) is 16.5 Å². The number of rotatable bonds is 5. The van der Waals surface area contributed by atoms with Crippen molar-refractivity contribution in [3.8, 4) is 11.3 Å². The molecule has 0 saturated carbocycles. The summed E-state index contributed by atoms with van der Waals surface area (Å²) in [5, 5.41) is 5.56. The number of hydrogen-bond donors (Lipinski definition) is 1. The van der Waals surface area contributed by atoms with Crippen LogP contribution in [0.4, 0.5) is 24.7 Å². The van der Waals surface area contributed by atoms with Crippen molar-refractivity contribution in [2.45, 2.75) is 38.0 Å². The molecule has 4 aromatic rings. The predicted molar refractivity (Wildman–Crippen MR) is 146 cm³/mol. The molecular weight excluding hydrogens is 519 g/mol. The number of nitrogens with two attached hydrogens (primary N) is 1. The molecule has 2 aromatic carbocycles. The van der Waals surface area contributed by atoms with Crippen LogP contribution in [0, 0.1) is 0 Å². The third kappa shape index (κ3) is 4.65. The lowest BCUT2D eigenvalue weighted by molar-refractivity contribution is -0.137. The van der Waals surface area contributed by atoms with Crippen LogP contribution in [-0.4, -0.2) is 50.2 Å². The van der Waals surface area contributed by atoms with E-state index in [1.165, 1.54) is 18.5 Å². The van der Waals surface area contributed by atoms with Gasteiger partial charge in [0.25, 0.3) is 0 Å². The van der Waals surface area contributed by atoms with E-state index < -0.39 is 11.7 Å². The van der Waals surface area contributed by atoms with Crippen LogP contribution in [0.1, 0.15) is 35.6 Å². The number of halogens is 3. The normalized spacial score (nSPS) is 17.3. The zero-order valence-electron chi connectivity index (χ0n) is 21.7. The smallest absolute Gasteiger partial charge is 0.383 e. The number of piperidine rings is 1. The van der Waals surface area contributed by atoms with Gasteiger partial charge in [0.2, 0.25) is 5.91 Å². The minimum atomic E-state index is -4.38. The summed E-state index contributed by atoms with van der Waals surface area (Å²) in [4.78, 5) is 24.7. The molecule has 2 aliphatic rings. The highest BCUT2D eigenvalue weighted by Gasteiger charge is 2.33. The Morgan fingerprint density at radius 1 is 1.12 bits per heavy atom. The number of fused-ring (bicyclic) bond motifs is 2. The second-order valence-electron chi connectivity index (χ2n) is 10.2. The molecule has 6 rings (SSSR count). The predicted octanol–water partition coefficient (Wildman–Crippen LogP) is 5.01. The van der Waals surface area contributed by atoms with Crippen LogP contribution in [0.3, 0.4) is 0 Å². The summed E-state index contributed by atoms with van der Waals surface area (Å²) in [5.74, 6) is 0.209. The third-order valence-electron chi connectivity index (χ3n) is 7.75. The quantitative estimate of drug-likeness (QED) is 0.353. The highest BCUT2D eigenvalue weighted by molar-refractivity contribution is 5.98. The van der Waals surface area contributed by atoms with Crippen molar-refractivity contribution in [2.24, 2.45) is 0 Å². The summed E-state index contributed by atoms with van der Waals surface area (Å²) in [6, 6.07) is 11.7. The molecule has 0 bridgehead atoms. The number of likely N-dealkylation sites (tertiary alicyclic amines) is 1. The first-order valence-electron chi connectivity index (χ1n) is 13.2. The van der Waals surface area contributed by atoms with E-state index >= 15 is 0 Å². The number of carbonyl (C=O) groups excluding carboxylic acids is 1. The molecule has 8 nitrogen and oxygen atoms in total. The Balaban J connectivity index is 1.28. The number of amides is 1. The summed E-state index contributed by atoms with van der Waals surface area (Å²) < 4.78 is 41.7. The molecule has 11 heteroatoms. The van der Waals surface area contributed by atoms with Gasteiger partial charge in [-0.25, -0.2) is 14.6 Å². The van der Waals surface area contributed by atoms with Gasteiger partial charge < -0.3 is 15.5 Å². The molecule has 1 unspecified atom stereocenters. The van der Waals surface area contributed by atoms with Crippen molar-refractivity contribution in [1.82, 2.24) is 24.6 Å². The standard InChI is InChI=1S/C29H28F3N7O/c1-2-24(40)38-12-3-4-22(16-38)39-28-25(27(33)34-17-35-28)26(36-39)20-7-5-18(6-8-20)15-37-13-11-19-9-10-21(14-23(19)37)29(30,31)32/h2,5-10,14,17,22H,1,3-4,11-13,15-16H2,(H2,33,34,35). The largest absolute Gasteiger partial charge is 0.416 e.